The highest BCUT2D eigenvalue weighted by molar-refractivity contribution is 6.30. The number of imidazole rings is 1. The van der Waals surface area contributed by atoms with Crippen molar-refractivity contribution in [2.24, 2.45) is 0 Å². The third-order valence-corrected chi connectivity index (χ3v) is 2.84. The van der Waals surface area contributed by atoms with Gasteiger partial charge in [0.2, 0.25) is 5.95 Å². The molecule has 0 saturated heterocycles. The summed E-state index contributed by atoms with van der Waals surface area (Å²) in [5.41, 5.74) is 1.68. The Balaban J connectivity index is 2.06. The second-order valence-corrected chi connectivity index (χ2v) is 4.35. The molecule has 0 aliphatic heterocycles. The van der Waals surface area contributed by atoms with E-state index in [4.69, 9.17) is 11.6 Å². The average molecular weight is 277 g/mol. The molecule has 0 radical (unpaired) electrons. The van der Waals surface area contributed by atoms with Crippen LogP contribution in [0, 0.1) is 6.92 Å². The molecule has 2 N–H and O–H groups in total. The number of aryl methyl sites for hydroxylation is 1. The number of hydrogen-bond acceptors (Lipinski definition) is 4. The highest BCUT2D eigenvalue weighted by atomic mass is 35.5. The van der Waals surface area contributed by atoms with E-state index >= 15 is 0 Å². The van der Waals surface area contributed by atoms with E-state index < -0.39 is 0 Å². The van der Waals surface area contributed by atoms with Gasteiger partial charge in [-0.05, 0) is 19.1 Å². The van der Waals surface area contributed by atoms with Crippen LogP contribution in [-0.2, 0) is 0 Å². The smallest absolute Gasteiger partial charge is 0.276 e. The molecule has 3 aromatic rings. The van der Waals surface area contributed by atoms with E-state index in [1.54, 1.807) is 29.7 Å². The molecule has 0 aliphatic carbocycles. The van der Waals surface area contributed by atoms with Crippen LogP contribution in [0.5, 0.6) is 0 Å². The van der Waals surface area contributed by atoms with Gasteiger partial charge in [-0.25, -0.2) is 10.1 Å². The Morgan fingerprint density at radius 3 is 3.05 bits per heavy atom. The van der Waals surface area contributed by atoms with Crippen LogP contribution >= 0.6 is 11.6 Å². The molecule has 1 amide bonds. The van der Waals surface area contributed by atoms with Crippen molar-refractivity contribution < 1.29 is 4.79 Å². The van der Waals surface area contributed by atoms with Gasteiger partial charge in [0.15, 0.2) is 0 Å². The molecule has 0 unspecified atom stereocenters. The van der Waals surface area contributed by atoms with Crippen molar-refractivity contribution in [1.82, 2.24) is 24.6 Å². The average Bonchev–Trinajstić information content (AvgIpc) is 2.95. The molecule has 0 aromatic carbocycles. The lowest BCUT2D eigenvalue weighted by Gasteiger charge is -2.03. The van der Waals surface area contributed by atoms with Crippen LogP contribution in [0.1, 0.15) is 16.2 Å². The van der Waals surface area contributed by atoms with Crippen LogP contribution in [-0.4, -0.2) is 30.5 Å². The first-order chi connectivity index (χ1) is 9.15. The van der Waals surface area contributed by atoms with Crippen LogP contribution < -0.4 is 5.32 Å². The van der Waals surface area contributed by atoms with Crippen LogP contribution in [0.4, 0.5) is 5.95 Å². The minimum absolute atomic E-state index is 0.279. The Morgan fingerprint density at radius 2 is 2.32 bits per heavy atom. The quantitative estimate of drug-likeness (QED) is 0.745. The van der Waals surface area contributed by atoms with Crippen LogP contribution in [0.15, 0.2) is 24.7 Å². The number of nitrogens with one attached hydrogen (secondary N) is 2. The molecular formula is C11H9ClN6O. The predicted molar refractivity (Wildman–Crippen MR) is 69.3 cm³/mol. The predicted octanol–water partition coefficient (Wildman–Crippen LogP) is 1.67. The van der Waals surface area contributed by atoms with Gasteiger partial charge in [-0.1, -0.05) is 11.6 Å². The number of aromatic nitrogens is 5. The number of carbonyl (C=O) groups excluding carboxylic acids is 1. The maximum absolute atomic E-state index is 12.2. The lowest BCUT2D eigenvalue weighted by molar-refractivity contribution is 0.102. The molecule has 0 fully saturated rings. The second kappa shape index (κ2) is 4.36. The van der Waals surface area contributed by atoms with Crippen LogP contribution in [0.25, 0.3) is 5.65 Å². The number of rotatable bonds is 2. The van der Waals surface area contributed by atoms with Gasteiger partial charge in [0.25, 0.3) is 5.91 Å². The van der Waals surface area contributed by atoms with Gasteiger partial charge in [0.05, 0.1) is 10.7 Å². The first-order valence-electron chi connectivity index (χ1n) is 5.46. The van der Waals surface area contributed by atoms with Gasteiger partial charge in [-0.2, -0.15) is 10.1 Å². The summed E-state index contributed by atoms with van der Waals surface area (Å²) in [6, 6.07) is 3.47. The Kier molecular flexibility index (Phi) is 2.68. The first kappa shape index (κ1) is 11.7. The van der Waals surface area contributed by atoms with Gasteiger partial charge in [0.1, 0.15) is 17.7 Å². The number of nitrogens with zero attached hydrogens (tertiary/aromatic N) is 4. The summed E-state index contributed by atoms with van der Waals surface area (Å²) in [4.78, 5) is 20.4. The number of fused-ring (bicyclic) bond motifs is 1. The summed E-state index contributed by atoms with van der Waals surface area (Å²) in [5.74, 6) is -0.0506. The number of pyridine rings is 1. The highest BCUT2D eigenvalue weighted by Crippen LogP contribution is 2.17. The van der Waals surface area contributed by atoms with Crippen molar-refractivity contribution in [2.75, 3.05) is 5.32 Å². The van der Waals surface area contributed by atoms with Gasteiger partial charge >= 0.3 is 0 Å². The van der Waals surface area contributed by atoms with Gasteiger partial charge in [-0.15, -0.1) is 0 Å². The van der Waals surface area contributed by atoms with E-state index in [9.17, 15) is 4.79 Å². The number of carbonyl (C=O) groups is 1. The molecule has 7 nitrogen and oxygen atoms in total. The zero-order valence-electron chi connectivity index (χ0n) is 9.88. The maximum atomic E-state index is 12.2. The van der Waals surface area contributed by atoms with E-state index in [1.165, 1.54) is 6.33 Å². The molecule has 3 rings (SSSR count). The molecule has 0 saturated carbocycles. The zero-order valence-corrected chi connectivity index (χ0v) is 10.6. The van der Waals surface area contributed by atoms with Gasteiger partial charge in [0, 0.05) is 6.20 Å². The second-order valence-electron chi connectivity index (χ2n) is 3.91. The number of anilines is 1. The van der Waals surface area contributed by atoms with E-state index in [0.29, 0.717) is 22.1 Å². The molecule has 0 atom stereocenters. The minimum atomic E-state index is -0.330. The minimum Gasteiger partial charge on any atom is -0.294 e. The lowest BCUT2D eigenvalue weighted by atomic mass is 10.3. The molecule has 0 bridgehead atoms. The summed E-state index contributed by atoms with van der Waals surface area (Å²) < 4.78 is 1.64. The maximum Gasteiger partial charge on any atom is 0.276 e. The molecule has 19 heavy (non-hydrogen) atoms. The SMILES string of the molecule is Cc1nc2ccc(Cl)cn2c1C(=O)Nc1ncn[nH]1. The van der Waals surface area contributed by atoms with Crippen molar-refractivity contribution in [3.8, 4) is 0 Å². The van der Waals surface area contributed by atoms with Crippen LogP contribution in [0.2, 0.25) is 5.02 Å². The van der Waals surface area contributed by atoms with Gasteiger partial charge in [-0.3, -0.25) is 14.5 Å². The normalized spacial score (nSPS) is 10.8. The standard InChI is InChI=1S/C11H9ClN6O/c1-6-9(10(19)16-11-13-5-14-17-11)18-4-7(12)2-3-8(18)15-6/h2-5H,1H3,(H2,13,14,16,17,19). The largest absolute Gasteiger partial charge is 0.294 e. The van der Waals surface area contributed by atoms with Crippen molar-refractivity contribution in [3.05, 3.63) is 41.1 Å². The highest BCUT2D eigenvalue weighted by Gasteiger charge is 2.17. The molecular weight excluding hydrogens is 268 g/mol. The fourth-order valence-corrected chi connectivity index (χ4v) is 2.00. The number of aromatic amines is 1. The first-order valence-corrected chi connectivity index (χ1v) is 5.84. The number of halogens is 1. The monoisotopic (exact) mass is 276 g/mol. The molecule has 0 aliphatic rings. The summed E-state index contributed by atoms with van der Waals surface area (Å²) in [7, 11) is 0. The Bertz CT molecular complexity index is 748. The number of H-pyrrole nitrogens is 1. The summed E-state index contributed by atoms with van der Waals surface area (Å²) in [5, 5.41) is 9.35. The molecule has 3 aromatic heterocycles. The molecule has 0 spiro atoms. The molecule has 3 heterocycles. The van der Waals surface area contributed by atoms with Crippen molar-refractivity contribution in [1.29, 1.82) is 0 Å². The van der Waals surface area contributed by atoms with E-state index in [-0.39, 0.29) is 11.9 Å². The fourth-order valence-electron chi connectivity index (χ4n) is 1.84. The summed E-state index contributed by atoms with van der Waals surface area (Å²) in [6.45, 7) is 1.76. The summed E-state index contributed by atoms with van der Waals surface area (Å²) in [6.07, 6.45) is 2.96. The number of hydrogen-bond donors (Lipinski definition) is 2. The third kappa shape index (κ3) is 2.04. The molecule has 8 heteroatoms. The molecule has 96 valence electrons. The van der Waals surface area contributed by atoms with Crippen molar-refractivity contribution in [2.45, 2.75) is 6.92 Å². The zero-order chi connectivity index (χ0) is 13.4. The van der Waals surface area contributed by atoms with Gasteiger partial charge < -0.3 is 0 Å². The van der Waals surface area contributed by atoms with E-state index in [2.05, 4.69) is 25.5 Å². The lowest BCUT2D eigenvalue weighted by Crippen LogP contribution is -2.16. The third-order valence-electron chi connectivity index (χ3n) is 2.62. The Morgan fingerprint density at radius 1 is 1.47 bits per heavy atom. The van der Waals surface area contributed by atoms with Crippen LogP contribution in [0.3, 0.4) is 0 Å². The Hall–Kier alpha value is -2.41. The van der Waals surface area contributed by atoms with Crippen molar-refractivity contribution >= 4 is 29.1 Å². The summed E-state index contributed by atoms with van der Waals surface area (Å²) >= 11 is 5.94. The fraction of sp³-hybridized carbons (Fsp3) is 0.0909. The van der Waals surface area contributed by atoms with E-state index in [1.807, 2.05) is 0 Å². The number of amides is 1. The Labute approximate surface area is 112 Å². The van der Waals surface area contributed by atoms with Crippen molar-refractivity contribution in [3.63, 3.8) is 0 Å². The van der Waals surface area contributed by atoms with E-state index in [0.717, 1.165) is 0 Å². The topological polar surface area (TPSA) is 88.0 Å².